The number of nitrogens with zero attached hydrogens (tertiary/aromatic N) is 5. The van der Waals surface area contributed by atoms with Crippen LogP contribution in [0.3, 0.4) is 0 Å². The van der Waals surface area contributed by atoms with Crippen molar-refractivity contribution < 1.29 is 27.6 Å². The molecule has 4 heterocycles. The van der Waals surface area contributed by atoms with Crippen LogP contribution in [-0.2, 0) is 20.9 Å². The first-order chi connectivity index (χ1) is 23.4. The number of aromatic nitrogens is 6. The van der Waals surface area contributed by atoms with E-state index in [9.17, 15) is 14.0 Å². The molecule has 0 bridgehead atoms. The highest BCUT2D eigenvalue weighted by atomic mass is 32.2. The van der Waals surface area contributed by atoms with Gasteiger partial charge in [0.25, 0.3) is 5.91 Å². The zero-order chi connectivity index (χ0) is 33.5. The number of anilines is 2. The predicted octanol–water partition coefficient (Wildman–Crippen LogP) is 6.38. The second-order valence-electron chi connectivity index (χ2n) is 10.2. The molecule has 2 amide bonds. The molecule has 13 nitrogen and oxygen atoms in total. The molecule has 4 aromatic heterocycles. The highest BCUT2D eigenvalue weighted by Gasteiger charge is 2.25. The van der Waals surface area contributed by atoms with Crippen molar-refractivity contribution in [1.29, 1.82) is 0 Å². The number of H-pyrrole nitrogens is 1. The number of hydrogen-bond donors (Lipinski definition) is 3. The van der Waals surface area contributed by atoms with Gasteiger partial charge in [0.15, 0.2) is 22.0 Å². The van der Waals surface area contributed by atoms with Crippen LogP contribution in [0.4, 0.5) is 15.8 Å². The third kappa shape index (κ3) is 7.67. The Balaban J connectivity index is 1.08. The van der Waals surface area contributed by atoms with E-state index in [-0.39, 0.29) is 17.7 Å². The number of aromatic amines is 1. The lowest BCUT2D eigenvalue weighted by atomic mass is 10.1. The summed E-state index contributed by atoms with van der Waals surface area (Å²) in [7, 11) is 1.54. The van der Waals surface area contributed by atoms with Gasteiger partial charge in [-0.15, -0.1) is 20.4 Å². The maximum atomic E-state index is 14.7. The van der Waals surface area contributed by atoms with Crippen LogP contribution in [0.5, 0.6) is 0 Å². The van der Waals surface area contributed by atoms with Crippen LogP contribution in [0, 0.1) is 0 Å². The molecular formula is C32H29FN8O5S2. The van der Waals surface area contributed by atoms with Crippen molar-refractivity contribution in [1.82, 2.24) is 29.9 Å². The Kier molecular flexibility index (Phi) is 10.3. The molecule has 0 saturated carbocycles. The summed E-state index contributed by atoms with van der Waals surface area (Å²) in [4.78, 5) is 28.4. The number of methoxy groups -OCH3 is 1. The number of thioether (sulfide) groups is 2. The van der Waals surface area contributed by atoms with Crippen LogP contribution in [0.25, 0.3) is 34.1 Å². The zero-order valence-electron chi connectivity index (χ0n) is 25.6. The fraction of sp³-hybridized carbons (Fsp3) is 0.188. The molecule has 6 rings (SSSR count). The number of carbonyl (C=O) groups is 2. The Morgan fingerprint density at radius 3 is 2.42 bits per heavy atom. The number of amides is 2. The summed E-state index contributed by atoms with van der Waals surface area (Å²) < 4.78 is 32.8. The Hall–Kier alpha value is -5.19. The molecule has 3 N–H and O–H groups in total. The highest BCUT2D eigenvalue weighted by Crippen LogP contribution is 2.32. The number of nitrogens with one attached hydrogen (secondary N) is 3. The maximum absolute atomic E-state index is 14.7. The molecule has 0 aliphatic carbocycles. The summed E-state index contributed by atoms with van der Waals surface area (Å²) in [5.74, 6) is 0.492. The predicted molar refractivity (Wildman–Crippen MR) is 179 cm³/mol. The molecule has 0 spiro atoms. The monoisotopic (exact) mass is 688 g/mol. The van der Waals surface area contributed by atoms with Gasteiger partial charge in [-0.2, -0.15) is 0 Å². The molecule has 2 atom stereocenters. The van der Waals surface area contributed by atoms with E-state index in [1.165, 1.54) is 24.3 Å². The summed E-state index contributed by atoms with van der Waals surface area (Å²) >= 11 is 1.87. The van der Waals surface area contributed by atoms with E-state index in [0.717, 1.165) is 5.56 Å². The smallest absolute Gasteiger partial charge is 0.269 e. The minimum Gasteiger partial charge on any atom is -0.472 e. The molecular weight excluding hydrogens is 660 g/mol. The number of benzene rings is 2. The number of ether oxygens (including phenoxy) is 1. The molecule has 6 aromatic rings. The molecule has 48 heavy (non-hydrogen) atoms. The van der Waals surface area contributed by atoms with E-state index in [1.807, 2.05) is 47.9 Å². The van der Waals surface area contributed by atoms with Crippen molar-refractivity contribution in [2.24, 2.45) is 0 Å². The normalized spacial score (nSPS) is 12.5. The van der Waals surface area contributed by atoms with Crippen LogP contribution in [-0.4, -0.2) is 66.2 Å². The molecule has 0 aliphatic rings. The van der Waals surface area contributed by atoms with Gasteiger partial charge in [-0.1, -0.05) is 30.0 Å². The maximum Gasteiger partial charge on any atom is 0.269 e. The number of para-hydroxylation sites is 1. The van der Waals surface area contributed by atoms with Crippen molar-refractivity contribution in [2.45, 2.75) is 34.5 Å². The topological polar surface area (TPSA) is 166 Å². The Morgan fingerprint density at radius 2 is 1.69 bits per heavy atom. The standard InChI is InChI=1S/C32H29FN8O5S2/c1-3-41-28(38-40-32(41)47-25(18-44-2)29(42)34-22-7-5-4-6-8-22)21-15-24(46-17-21)19-9-11-23(12-10-19)35-30(43)26(33)48-31-36-27(37-39-31)20-13-14-45-16-20/h4-17,25-26H,3,18H2,1-2H3,(H,34,42)(H,35,43)(H,36,37,39). The van der Waals surface area contributed by atoms with Crippen molar-refractivity contribution in [2.75, 3.05) is 24.4 Å². The molecule has 16 heteroatoms. The number of hydrogen-bond acceptors (Lipinski definition) is 11. The average Bonchev–Trinajstić information content (AvgIpc) is 3.93. The van der Waals surface area contributed by atoms with Gasteiger partial charge >= 0.3 is 0 Å². The number of alkyl halides is 1. The van der Waals surface area contributed by atoms with E-state index >= 15 is 0 Å². The summed E-state index contributed by atoms with van der Waals surface area (Å²) in [6, 6.07) is 19.5. The van der Waals surface area contributed by atoms with E-state index in [0.29, 0.717) is 63.4 Å². The number of furan rings is 2. The Labute approximate surface area is 282 Å². The fourth-order valence-corrected chi connectivity index (χ4v) is 6.22. The lowest BCUT2D eigenvalue weighted by Crippen LogP contribution is -2.29. The fourth-order valence-electron chi connectivity index (χ4n) is 4.56. The molecule has 0 radical (unpaired) electrons. The van der Waals surface area contributed by atoms with E-state index in [2.05, 4.69) is 36.0 Å². The minimum atomic E-state index is -1.93. The number of carbonyl (C=O) groups excluding carboxylic acids is 2. The van der Waals surface area contributed by atoms with Crippen molar-refractivity contribution in [3.63, 3.8) is 0 Å². The van der Waals surface area contributed by atoms with Crippen LogP contribution < -0.4 is 10.6 Å². The summed E-state index contributed by atoms with van der Waals surface area (Å²) in [5.41, 5.74) is 1.26. The summed E-state index contributed by atoms with van der Waals surface area (Å²) in [6.07, 6.45) is 4.54. The average molecular weight is 689 g/mol. The zero-order valence-corrected chi connectivity index (χ0v) is 27.3. The van der Waals surface area contributed by atoms with Crippen LogP contribution in [0.1, 0.15) is 6.92 Å². The number of halogens is 1. The van der Waals surface area contributed by atoms with Gasteiger partial charge in [-0.25, -0.2) is 4.39 Å². The van der Waals surface area contributed by atoms with Gasteiger partial charge < -0.3 is 33.8 Å². The molecule has 246 valence electrons. The first-order valence-corrected chi connectivity index (χ1v) is 16.4. The largest absolute Gasteiger partial charge is 0.472 e. The quantitative estimate of drug-likeness (QED) is 0.109. The third-order valence-corrected chi connectivity index (χ3v) is 8.88. The van der Waals surface area contributed by atoms with Crippen molar-refractivity contribution >= 4 is 46.7 Å². The van der Waals surface area contributed by atoms with Crippen molar-refractivity contribution in [3.05, 3.63) is 85.5 Å². The van der Waals surface area contributed by atoms with Crippen LogP contribution in [0.2, 0.25) is 0 Å². The molecule has 0 aliphatic heterocycles. The molecule has 2 aromatic carbocycles. The lowest BCUT2D eigenvalue weighted by Gasteiger charge is -2.16. The minimum absolute atomic E-state index is 0.158. The summed E-state index contributed by atoms with van der Waals surface area (Å²) in [6.45, 7) is 2.70. The van der Waals surface area contributed by atoms with E-state index in [4.69, 9.17) is 13.6 Å². The van der Waals surface area contributed by atoms with Gasteiger partial charge in [-0.3, -0.25) is 9.59 Å². The van der Waals surface area contributed by atoms with Gasteiger partial charge in [0, 0.05) is 30.6 Å². The first kappa shape index (κ1) is 32.7. The van der Waals surface area contributed by atoms with Crippen LogP contribution >= 0.6 is 23.5 Å². The van der Waals surface area contributed by atoms with Crippen LogP contribution in [0.15, 0.2) is 105 Å². The highest BCUT2D eigenvalue weighted by molar-refractivity contribution is 8.00. The lowest BCUT2D eigenvalue weighted by molar-refractivity contribution is -0.118. The van der Waals surface area contributed by atoms with Crippen molar-refractivity contribution in [3.8, 4) is 34.1 Å². The molecule has 0 saturated heterocycles. The Bertz CT molecular complexity index is 1960. The summed E-state index contributed by atoms with van der Waals surface area (Å²) in [5, 5.41) is 22.2. The van der Waals surface area contributed by atoms with Gasteiger partial charge in [0.05, 0.1) is 24.0 Å². The third-order valence-electron chi connectivity index (χ3n) is 6.91. The van der Waals surface area contributed by atoms with Gasteiger partial charge in [0.1, 0.15) is 23.5 Å². The molecule has 0 fully saturated rings. The Morgan fingerprint density at radius 1 is 0.917 bits per heavy atom. The van der Waals surface area contributed by atoms with E-state index < -0.39 is 16.7 Å². The van der Waals surface area contributed by atoms with E-state index in [1.54, 1.807) is 43.7 Å². The number of rotatable bonds is 14. The van der Waals surface area contributed by atoms with Gasteiger partial charge in [-0.05, 0) is 67.2 Å². The molecule has 2 unspecified atom stereocenters. The first-order valence-electron chi connectivity index (χ1n) is 14.6. The second-order valence-corrected chi connectivity index (χ2v) is 12.4. The van der Waals surface area contributed by atoms with Gasteiger partial charge in [0.2, 0.25) is 11.4 Å². The second kappa shape index (κ2) is 15.1. The SMILES string of the molecule is CCn1c(SC(COC)C(=O)Nc2ccccc2)nnc1-c1coc(-c2ccc(NC(=O)C(F)Sc3nnc(-c4ccoc4)[nH]3)cc2)c1.